The molecule has 1 heterocycles. The highest BCUT2D eigenvalue weighted by atomic mass is 35.5. The summed E-state index contributed by atoms with van der Waals surface area (Å²) in [4.78, 5) is 4.52. The number of hydrogen-bond donors (Lipinski definition) is 1. The Balaban J connectivity index is 2.03. The zero-order chi connectivity index (χ0) is 20.0. The fourth-order valence-corrected chi connectivity index (χ4v) is 4.12. The Labute approximate surface area is 172 Å². The number of aromatic nitrogens is 1. The van der Waals surface area contributed by atoms with Crippen LogP contribution in [0, 0.1) is 11.3 Å². The van der Waals surface area contributed by atoms with Crippen molar-refractivity contribution in [2.45, 2.75) is 6.42 Å². The second-order valence-electron chi connectivity index (χ2n) is 6.35. The molecule has 0 aliphatic heterocycles. The van der Waals surface area contributed by atoms with Crippen molar-refractivity contribution in [1.29, 1.82) is 5.26 Å². The lowest BCUT2D eigenvalue weighted by Gasteiger charge is -2.14. The van der Waals surface area contributed by atoms with Crippen molar-refractivity contribution in [2.75, 3.05) is 20.0 Å². The van der Waals surface area contributed by atoms with E-state index in [9.17, 15) is 5.26 Å². The number of nitriles is 1. The van der Waals surface area contributed by atoms with Crippen LogP contribution in [0.1, 0.15) is 16.7 Å². The number of nitrogens with zero attached hydrogens (tertiary/aromatic N) is 2. The Morgan fingerprint density at radius 1 is 1.07 bits per heavy atom. The number of rotatable bonds is 3. The number of halogens is 2. The van der Waals surface area contributed by atoms with Gasteiger partial charge in [0.25, 0.3) is 0 Å². The minimum Gasteiger partial charge on any atom is -0.493 e. The molecule has 2 N–H and O–H groups in total. The standard InChI is InChI=1S/C21H15Cl2N3O2/c1-27-17-6-10-5-14-19(12-4-3-11(22)7-16(12)23)15(9-24)21(25)26-20(14)13(10)8-18(17)28-2/h3-4,6-8H,5H2,1-2H3,(H2,25,26). The van der Waals surface area contributed by atoms with Crippen LogP contribution in [-0.4, -0.2) is 19.2 Å². The van der Waals surface area contributed by atoms with Crippen LogP contribution in [-0.2, 0) is 6.42 Å². The summed E-state index contributed by atoms with van der Waals surface area (Å²) in [6, 6.07) is 11.2. The van der Waals surface area contributed by atoms with Crippen LogP contribution in [0.25, 0.3) is 22.4 Å². The number of ether oxygens (including phenoxy) is 2. The Bertz CT molecular complexity index is 1170. The second-order valence-corrected chi connectivity index (χ2v) is 7.19. The fourth-order valence-electron chi connectivity index (χ4n) is 3.62. The monoisotopic (exact) mass is 411 g/mol. The molecule has 7 heteroatoms. The van der Waals surface area contributed by atoms with Gasteiger partial charge in [0.05, 0.1) is 19.9 Å². The van der Waals surface area contributed by atoms with Crippen molar-refractivity contribution in [2.24, 2.45) is 0 Å². The first-order valence-corrected chi connectivity index (χ1v) is 9.17. The Hall–Kier alpha value is -2.94. The van der Waals surface area contributed by atoms with Crippen molar-refractivity contribution in [3.05, 3.63) is 57.1 Å². The summed E-state index contributed by atoms with van der Waals surface area (Å²) in [7, 11) is 3.18. The smallest absolute Gasteiger partial charge is 0.161 e. The van der Waals surface area contributed by atoms with Crippen LogP contribution in [0.2, 0.25) is 10.0 Å². The summed E-state index contributed by atoms with van der Waals surface area (Å²) < 4.78 is 10.8. The maximum Gasteiger partial charge on any atom is 0.161 e. The predicted octanol–water partition coefficient (Wildman–Crippen LogP) is 5.10. The van der Waals surface area contributed by atoms with E-state index in [0.717, 1.165) is 16.7 Å². The first kappa shape index (κ1) is 18.4. The minimum absolute atomic E-state index is 0.157. The van der Waals surface area contributed by atoms with Gasteiger partial charge in [0, 0.05) is 33.2 Å². The topological polar surface area (TPSA) is 81.2 Å². The van der Waals surface area contributed by atoms with Crippen LogP contribution in [0.3, 0.4) is 0 Å². The lowest BCUT2D eigenvalue weighted by atomic mass is 9.94. The molecule has 3 aromatic rings. The minimum atomic E-state index is 0.157. The van der Waals surface area contributed by atoms with Crippen LogP contribution in [0.15, 0.2) is 30.3 Å². The predicted molar refractivity (Wildman–Crippen MR) is 110 cm³/mol. The van der Waals surface area contributed by atoms with Gasteiger partial charge in [-0.2, -0.15) is 5.26 Å². The summed E-state index contributed by atoms with van der Waals surface area (Å²) in [5, 5.41) is 10.7. The molecule has 0 fully saturated rings. The first-order chi connectivity index (χ1) is 13.5. The molecule has 1 aliphatic rings. The molecule has 0 unspecified atom stereocenters. The molecular weight excluding hydrogens is 397 g/mol. The second kappa shape index (κ2) is 6.90. The molecule has 0 saturated heterocycles. The molecule has 2 aromatic carbocycles. The molecule has 4 rings (SSSR count). The lowest BCUT2D eigenvalue weighted by molar-refractivity contribution is 0.355. The molecule has 0 atom stereocenters. The quantitative estimate of drug-likeness (QED) is 0.507. The summed E-state index contributed by atoms with van der Waals surface area (Å²) in [6.45, 7) is 0. The van der Waals surface area contributed by atoms with Crippen LogP contribution in [0.5, 0.6) is 11.5 Å². The fraction of sp³-hybridized carbons (Fsp3) is 0.143. The zero-order valence-electron chi connectivity index (χ0n) is 15.1. The van der Waals surface area contributed by atoms with Gasteiger partial charge >= 0.3 is 0 Å². The van der Waals surface area contributed by atoms with E-state index < -0.39 is 0 Å². The molecule has 0 amide bonds. The molecule has 28 heavy (non-hydrogen) atoms. The summed E-state index contributed by atoms with van der Waals surface area (Å²) in [5.74, 6) is 1.39. The van der Waals surface area contributed by atoms with E-state index in [2.05, 4.69) is 11.1 Å². The average molecular weight is 412 g/mol. The van der Waals surface area contributed by atoms with Crippen molar-refractivity contribution in [1.82, 2.24) is 4.98 Å². The van der Waals surface area contributed by atoms with Crippen molar-refractivity contribution in [3.8, 4) is 40.0 Å². The van der Waals surface area contributed by atoms with E-state index in [4.69, 9.17) is 38.4 Å². The van der Waals surface area contributed by atoms with Crippen molar-refractivity contribution < 1.29 is 9.47 Å². The normalized spacial score (nSPS) is 11.5. The van der Waals surface area contributed by atoms with Crippen LogP contribution in [0.4, 0.5) is 5.82 Å². The molecular formula is C21H15Cl2N3O2. The van der Waals surface area contributed by atoms with E-state index in [1.54, 1.807) is 32.4 Å². The molecule has 0 radical (unpaired) electrons. The van der Waals surface area contributed by atoms with Crippen molar-refractivity contribution in [3.63, 3.8) is 0 Å². The molecule has 5 nitrogen and oxygen atoms in total. The van der Waals surface area contributed by atoms with E-state index in [-0.39, 0.29) is 5.82 Å². The zero-order valence-corrected chi connectivity index (χ0v) is 16.6. The molecule has 0 spiro atoms. The van der Waals surface area contributed by atoms with Crippen molar-refractivity contribution >= 4 is 29.0 Å². The molecule has 0 saturated carbocycles. The first-order valence-electron chi connectivity index (χ1n) is 8.41. The Kier molecular flexibility index (Phi) is 4.54. The number of nitrogens with two attached hydrogens (primary N) is 1. The highest BCUT2D eigenvalue weighted by molar-refractivity contribution is 6.36. The van der Waals surface area contributed by atoms with Crippen LogP contribution >= 0.6 is 23.2 Å². The van der Waals surface area contributed by atoms with Gasteiger partial charge in [0.15, 0.2) is 11.5 Å². The van der Waals surface area contributed by atoms with Gasteiger partial charge in [-0.15, -0.1) is 0 Å². The number of methoxy groups -OCH3 is 2. The number of nitrogen functional groups attached to an aromatic ring is 1. The molecule has 140 valence electrons. The number of hydrogen-bond acceptors (Lipinski definition) is 5. The van der Waals surface area contributed by atoms with E-state index in [1.165, 1.54) is 0 Å². The summed E-state index contributed by atoms with van der Waals surface area (Å²) >= 11 is 12.5. The van der Waals surface area contributed by atoms with Gasteiger partial charge < -0.3 is 15.2 Å². The van der Waals surface area contributed by atoms with E-state index >= 15 is 0 Å². The van der Waals surface area contributed by atoms with Gasteiger partial charge in [-0.25, -0.2) is 4.98 Å². The van der Waals surface area contributed by atoms with Gasteiger partial charge in [-0.1, -0.05) is 29.3 Å². The maximum atomic E-state index is 9.74. The van der Waals surface area contributed by atoms with Crippen LogP contribution < -0.4 is 15.2 Å². The lowest BCUT2D eigenvalue weighted by Crippen LogP contribution is -2.02. The SMILES string of the molecule is COc1cc2c(cc1OC)-c1nc(N)c(C#N)c(-c3ccc(Cl)cc3Cl)c1C2. The van der Waals surface area contributed by atoms with E-state index in [0.29, 0.717) is 50.3 Å². The Morgan fingerprint density at radius 3 is 2.43 bits per heavy atom. The largest absolute Gasteiger partial charge is 0.493 e. The van der Waals surface area contributed by atoms with Gasteiger partial charge in [-0.3, -0.25) is 0 Å². The molecule has 1 aromatic heterocycles. The summed E-state index contributed by atoms with van der Waals surface area (Å²) in [5.41, 5.74) is 11.3. The van der Waals surface area contributed by atoms with Gasteiger partial charge in [0.2, 0.25) is 0 Å². The number of fused-ring (bicyclic) bond motifs is 3. The maximum absolute atomic E-state index is 9.74. The van der Waals surface area contributed by atoms with Gasteiger partial charge in [-0.05, 0) is 35.4 Å². The number of benzene rings is 2. The Morgan fingerprint density at radius 2 is 1.79 bits per heavy atom. The molecule has 1 aliphatic carbocycles. The highest BCUT2D eigenvalue weighted by Crippen LogP contribution is 2.48. The third-order valence-corrected chi connectivity index (χ3v) is 5.42. The number of anilines is 1. The number of pyridine rings is 1. The van der Waals surface area contributed by atoms with E-state index in [1.807, 2.05) is 12.1 Å². The third-order valence-electron chi connectivity index (χ3n) is 4.87. The third kappa shape index (κ3) is 2.73. The highest BCUT2D eigenvalue weighted by Gasteiger charge is 2.29. The average Bonchev–Trinajstić information content (AvgIpc) is 3.03. The summed E-state index contributed by atoms with van der Waals surface area (Å²) in [6.07, 6.45) is 0.571. The van der Waals surface area contributed by atoms with Gasteiger partial charge in [0.1, 0.15) is 17.5 Å². The molecule has 0 bridgehead atoms.